The molecule has 5 nitrogen and oxygen atoms in total. The Morgan fingerprint density at radius 1 is 1.25 bits per heavy atom. The number of H-pyrrole nitrogens is 1. The standard InChI is InChI=1S/C10H15N3O2S/c14-16(15,10-1-2-11-5-10)13-6-8-3-12-4-9(8)7-13/h1-2,5,8-9,11-12H,3-4,6-7H2. The van der Waals surface area contributed by atoms with Gasteiger partial charge in [-0.25, -0.2) is 8.42 Å². The number of fused-ring (bicyclic) bond motifs is 1. The molecule has 16 heavy (non-hydrogen) atoms. The fourth-order valence-electron chi connectivity index (χ4n) is 2.63. The molecule has 0 saturated carbocycles. The third kappa shape index (κ3) is 1.49. The molecule has 2 aliphatic heterocycles. The van der Waals surface area contributed by atoms with Crippen LogP contribution in [0.2, 0.25) is 0 Å². The van der Waals surface area contributed by atoms with Crippen LogP contribution in [0, 0.1) is 11.8 Å². The topological polar surface area (TPSA) is 65.2 Å². The van der Waals surface area contributed by atoms with Gasteiger partial charge in [0, 0.05) is 25.5 Å². The summed E-state index contributed by atoms with van der Waals surface area (Å²) in [6, 6.07) is 1.61. The third-order valence-electron chi connectivity index (χ3n) is 3.56. The van der Waals surface area contributed by atoms with Crippen LogP contribution in [-0.2, 0) is 10.0 Å². The minimum atomic E-state index is -3.26. The SMILES string of the molecule is O=S(=O)(c1cc[nH]c1)N1CC2CNCC2C1. The number of sulfonamides is 1. The monoisotopic (exact) mass is 241 g/mol. The summed E-state index contributed by atoms with van der Waals surface area (Å²) >= 11 is 0. The molecule has 0 bridgehead atoms. The van der Waals surface area contributed by atoms with Gasteiger partial charge in [-0.15, -0.1) is 0 Å². The Bertz CT molecular complexity index is 456. The van der Waals surface area contributed by atoms with Crippen LogP contribution < -0.4 is 5.32 Å². The molecule has 2 saturated heterocycles. The molecule has 88 valence electrons. The highest BCUT2D eigenvalue weighted by Crippen LogP contribution is 2.30. The number of hydrogen-bond acceptors (Lipinski definition) is 3. The Hall–Kier alpha value is -0.850. The van der Waals surface area contributed by atoms with E-state index in [4.69, 9.17) is 0 Å². The van der Waals surface area contributed by atoms with Gasteiger partial charge >= 0.3 is 0 Å². The largest absolute Gasteiger partial charge is 0.366 e. The van der Waals surface area contributed by atoms with Crippen LogP contribution in [0.25, 0.3) is 0 Å². The number of hydrogen-bond donors (Lipinski definition) is 2. The zero-order chi connectivity index (χ0) is 11.2. The van der Waals surface area contributed by atoms with E-state index in [1.165, 1.54) is 0 Å². The molecule has 3 heterocycles. The molecule has 0 radical (unpaired) electrons. The fraction of sp³-hybridized carbons (Fsp3) is 0.600. The van der Waals surface area contributed by atoms with Crippen molar-refractivity contribution in [3.05, 3.63) is 18.5 Å². The normalized spacial score (nSPS) is 30.8. The summed E-state index contributed by atoms with van der Waals surface area (Å²) in [5.74, 6) is 0.988. The molecule has 0 aromatic carbocycles. The molecule has 1 aromatic heterocycles. The van der Waals surface area contributed by atoms with Crippen molar-refractivity contribution >= 4 is 10.0 Å². The number of nitrogens with zero attached hydrogens (tertiary/aromatic N) is 1. The van der Waals surface area contributed by atoms with Gasteiger partial charge in [-0.3, -0.25) is 0 Å². The maximum atomic E-state index is 12.2. The van der Waals surface area contributed by atoms with Crippen molar-refractivity contribution in [3.8, 4) is 0 Å². The average molecular weight is 241 g/mol. The zero-order valence-corrected chi connectivity index (χ0v) is 9.70. The Balaban J connectivity index is 1.85. The average Bonchev–Trinajstić information content (AvgIpc) is 2.94. The highest BCUT2D eigenvalue weighted by Gasteiger charge is 2.41. The molecule has 2 unspecified atom stereocenters. The van der Waals surface area contributed by atoms with E-state index in [-0.39, 0.29) is 0 Å². The number of aromatic nitrogens is 1. The second-order valence-electron chi connectivity index (χ2n) is 4.55. The van der Waals surface area contributed by atoms with Crippen molar-refractivity contribution in [1.82, 2.24) is 14.6 Å². The lowest BCUT2D eigenvalue weighted by molar-refractivity contribution is 0.448. The van der Waals surface area contributed by atoms with Crippen LogP contribution in [0.5, 0.6) is 0 Å². The van der Waals surface area contributed by atoms with E-state index in [1.54, 1.807) is 22.8 Å². The highest BCUT2D eigenvalue weighted by molar-refractivity contribution is 7.89. The van der Waals surface area contributed by atoms with Crippen molar-refractivity contribution < 1.29 is 8.42 Å². The first-order chi connectivity index (χ1) is 7.68. The Morgan fingerprint density at radius 3 is 2.50 bits per heavy atom. The van der Waals surface area contributed by atoms with Gasteiger partial charge in [0.05, 0.1) is 4.90 Å². The summed E-state index contributed by atoms with van der Waals surface area (Å²) in [5, 5.41) is 3.30. The Morgan fingerprint density at radius 2 is 1.94 bits per heavy atom. The molecule has 3 rings (SSSR count). The van der Waals surface area contributed by atoms with Gasteiger partial charge in [0.25, 0.3) is 0 Å². The predicted octanol–water partition coefficient (Wildman–Crippen LogP) is -0.145. The van der Waals surface area contributed by atoms with E-state index in [0.29, 0.717) is 29.8 Å². The molecular weight excluding hydrogens is 226 g/mol. The Kier molecular flexibility index (Phi) is 2.31. The first-order valence-corrected chi connectivity index (χ1v) is 6.95. The zero-order valence-electron chi connectivity index (χ0n) is 8.89. The highest BCUT2D eigenvalue weighted by atomic mass is 32.2. The second-order valence-corrected chi connectivity index (χ2v) is 6.49. The Labute approximate surface area is 94.9 Å². The molecule has 1 aromatic rings. The molecule has 0 spiro atoms. The van der Waals surface area contributed by atoms with Crippen molar-refractivity contribution in [2.24, 2.45) is 11.8 Å². The molecule has 0 aliphatic carbocycles. The molecule has 2 atom stereocenters. The molecule has 0 amide bonds. The van der Waals surface area contributed by atoms with Crippen molar-refractivity contribution in [2.75, 3.05) is 26.2 Å². The van der Waals surface area contributed by atoms with Crippen LogP contribution >= 0.6 is 0 Å². The fourth-order valence-corrected chi connectivity index (χ4v) is 4.16. The predicted molar refractivity (Wildman–Crippen MR) is 59.4 cm³/mol. The lowest BCUT2D eigenvalue weighted by atomic mass is 10.0. The summed E-state index contributed by atoms with van der Waals surface area (Å²) in [7, 11) is -3.26. The first-order valence-electron chi connectivity index (χ1n) is 5.51. The van der Waals surface area contributed by atoms with E-state index in [9.17, 15) is 8.42 Å². The van der Waals surface area contributed by atoms with Gasteiger partial charge in [-0.2, -0.15) is 4.31 Å². The minimum absolute atomic E-state index is 0.375. The van der Waals surface area contributed by atoms with Crippen LogP contribution in [0.15, 0.2) is 23.4 Å². The van der Waals surface area contributed by atoms with E-state index >= 15 is 0 Å². The minimum Gasteiger partial charge on any atom is -0.366 e. The third-order valence-corrected chi connectivity index (χ3v) is 5.39. The summed E-state index contributed by atoms with van der Waals surface area (Å²) in [4.78, 5) is 3.17. The van der Waals surface area contributed by atoms with Crippen LogP contribution in [-0.4, -0.2) is 43.9 Å². The summed E-state index contributed by atoms with van der Waals surface area (Å²) in [6.45, 7) is 3.21. The van der Waals surface area contributed by atoms with Gasteiger partial charge in [0.15, 0.2) is 0 Å². The van der Waals surface area contributed by atoms with E-state index in [1.807, 2.05) is 0 Å². The van der Waals surface area contributed by atoms with E-state index in [2.05, 4.69) is 10.3 Å². The van der Waals surface area contributed by atoms with E-state index < -0.39 is 10.0 Å². The van der Waals surface area contributed by atoms with Gasteiger partial charge < -0.3 is 10.3 Å². The smallest absolute Gasteiger partial charge is 0.244 e. The summed E-state index contributed by atoms with van der Waals surface area (Å²) in [5.41, 5.74) is 0. The van der Waals surface area contributed by atoms with Gasteiger partial charge in [0.1, 0.15) is 0 Å². The molecule has 2 N–H and O–H groups in total. The number of nitrogens with one attached hydrogen (secondary N) is 2. The van der Waals surface area contributed by atoms with Crippen LogP contribution in [0.3, 0.4) is 0 Å². The van der Waals surface area contributed by atoms with Gasteiger partial charge in [-0.05, 0) is 31.0 Å². The van der Waals surface area contributed by atoms with Crippen LogP contribution in [0.4, 0.5) is 0 Å². The number of rotatable bonds is 2. The lowest BCUT2D eigenvalue weighted by Gasteiger charge is -2.16. The summed E-state index contributed by atoms with van der Waals surface area (Å²) in [6.07, 6.45) is 3.19. The van der Waals surface area contributed by atoms with E-state index in [0.717, 1.165) is 13.1 Å². The van der Waals surface area contributed by atoms with Crippen molar-refractivity contribution in [1.29, 1.82) is 0 Å². The molecule has 2 aliphatic rings. The first kappa shape index (κ1) is 10.3. The van der Waals surface area contributed by atoms with Crippen molar-refractivity contribution in [2.45, 2.75) is 4.90 Å². The lowest BCUT2D eigenvalue weighted by Crippen LogP contribution is -2.31. The maximum Gasteiger partial charge on any atom is 0.244 e. The summed E-state index contributed by atoms with van der Waals surface area (Å²) < 4.78 is 26.0. The maximum absolute atomic E-state index is 12.2. The van der Waals surface area contributed by atoms with Crippen LogP contribution in [0.1, 0.15) is 0 Å². The van der Waals surface area contributed by atoms with Gasteiger partial charge in [0.2, 0.25) is 10.0 Å². The van der Waals surface area contributed by atoms with Crippen molar-refractivity contribution in [3.63, 3.8) is 0 Å². The number of aromatic amines is 1. The molecule has 6 heteroatoms. The molecular formula is C10H15N3O2S. The second kappa shape index (κ2) is 3.58. The van der Waals surface area contributed by atoms with Gasteiger partial charge in [-0.1, -0.05) is 0 Å². The quantitative estimate of drug-likeness (QED) is 0.757. The molecule has 2 fully saturated rings.